The van der Waals surface area contributed by atoms with Gasteiger partial charge in [0.25, 0.3) is 0 Å². The number of rotatable bonds is 8. The molecular formula is C18H32O2. The third-order valence-electron chi connectivity index (χ3n) is 3.35. The Morgan fingerprint density at radius 3 is 2.50 bits per heavy atom. The van der Waals surface area contributed by atoms with E-state index in [-0.39, 0.29) is 11.7 Å². The molecule has 0 aromatic rings. The molecule has 1 atom stereocenters. The molecule has 0 aromatic carbocycles. The minimum Gasteiger partial charge on any atom is -0.353 e. The number of hydrogen-bond donors (Lipinski definition) is 0. The second-order valence-electron chi connectivity index (χ2n) is 6.74. The van der Waals surface area contributed by atoms with Crippen LogP contribution in [0.3, 0.4) is 0 Å². The Kier molecular flexibility index (Phi) is 8.98. The van der Waals surface area contributed by atoms with Crippen LogP contribution in [-0.4, -0.2) is 19.5 Å². The first-order valence-corrected chi connectivity index (χ1v) is 8.31. The summed E-state index contributed by atoms with van der Waals surface area (Å²) in [7, 11) is 0. The van der Waals surface area contributed by atoms with Gasteiger partial charge < -0.3 is 9.47 Å². The van der Waals surface area contributed by atoms with Crippen LogP contribution in [0.25, 0.3) is 0 Å². The fourth-order valence-electron chi connectivity index (χ4n) is 2.23. The Balaban J connectivity index is 1.83. The van der Waals surface area contributed by atoms with Crippen molar-refractivity contribution in [1.29, 1.82) is 0 Å². The van der Waals surface area contributed by atoms with Gasteiger partial charge in [0.05, 0.1) is 0 Å². The van der Waals surface area contributed by atoms with Crippen molar-refractivity contribution in [2.24, 2.45) is 5.41 Å². The molecule has 0 N–H and O–H groups in total. The molecule has 0 aliphatic carbocycles. The fraction of sp³-hybridized carbons (Fsp3) is 0.889. The molecule has 0 amide bonds. The van der Waals surface area contributed by atoms with Crippen molar-refractivity contribution in [3.05, 3.63) is 0 Å². The van der Waals surface area contributed by atoms with Crippen LogP contribution in [0, 0.1) is 17.3 Å². The predicted octanol–water partition coefficient (Wildman–Crippen LogP) is 4.92. The lowest BCUT2D eigenvalue weighted by Crippen LogP contribution is -2.22. The van der Waals surface area contributed by atoms with Gasteiger partial charge in [-0.2, -0.15) is 0 Å². The summed E-state index contributed by atoms with van der Waals surface area (Å²) in [4.78, 5) is 0. The first kappa shape index (κ1) is 17.5. The molecule has 1 heterocycles. The molecule has 0 saturated carbocycles. The lowest BCUT2D eigenvalue weighted by Gasteiger charge is -2.22. The number of ether oxygens (including phenoxy) is 2. The molecule has 0 aromatic heterocycles. The zero-order valence-electron chi connectivity index (χ0n) is 13.7. The van der Waals surface area contributed by atoms with Gasteiger partial charge in [-0.1, -0.05) is 25.2 Å². The second kappa shape index (κ2) is 10.2. The van der Waals surface area contributed by atoms with Crippen LogP contribution in [0.4, 0.5) is 0 Å². The average Bonchev–Trinajstić information content (AvgIpc) is 2.41. The average molecular weight is 280 g/mol. The Labute approximate surface area is 125 Å². The molecule has 2 nitrogen and oxygen atoms in total. The lowest BCUT2D eigenvalue weighted by atomic mass is 9.97. The molecule has 1 fully saturated rings. The van der Waals surface area contributed by atoms with Crippen molar-refractivity contribution in [3.63, 3.8) is 0 Å². The summed E-state index contributed by atoms with van der Waals surface area (Å²) >= 11 is 0. The standard InChI is InChI=1S/C18H32O2/c1-18(2,3)14-10-7-5-4-6-8-11-15-19-17-13-9-12-16-20-17/h17H,4-9,11-13,15-16H2,1-3H3. The largest absolute Gasteiger partial charge is 0.353 e. The van der Waals surface area contributed by atoms with E-state index in [0.717, 1.165) is 32.5 Å². The normalized spacial score (nSPS) is 19.4. The van der Waals surface area contributed by atoms with E-state index in [0.29, 0.717) is 0 Å². The van der Waals surface area contributed by atoms with E-state index in [2.05, 4.69) is 32.6 Å². The van der Waals surface area contributed by atoms with Crippen molar-refractivity contribution >= 4 is 0 Å². The molecule has 2 heteroatoms. The maximum absolute atomic E-state index is 5.72. The first-order chi connectivity index (χ1) is 9.58. The summed E-state index contributed by atoms with van der Waals surface area (Å²) in [6, 6.07) is 0. The highest BCUT2D eigenvalue weighted by atomic mass is 16.7. The van der Waals surface area contributed by atoms with Crippen LogP contribution in [0.15, 0.2) is 0 Å². The molecule has 116 valence electrons. The highest BCUT2D eigenvalue weighted by Gasteiger charge is 2.13. The smallest absolute Gasteiger partial charge is 0.157 e. The molecule has 0 radical (unpaired) electrons. The topological polar surface area (TPSA) is 18.5 Å². The molecule has 1 aliphatic rings. The van der Waals surface area contributed by atoms with Gasteiger partial charge in [0.1, 0.15) is 0 Å². The van der Waals surface area contributed by atoms with Crippen molar-refractivity contribution in [1.82, 2.24) is 0 Å². The Morgan fingerprint density at radius 2 is 1.80 bits per heavy atom. The van der Waals surface area contributed by atoms with Gasteiger partial charge in [-0.15, -0.1) is 5.92 Å². The maximum atomic E-state index is 5.72. The monoisotopic (exact) mass is 280 g/mol. The highest BCUT2D eigenvalue weighted by molar-refractivity contribution is 5.06. The molecule has 1 aliphatic heterocycles. The van der Waals surface area contributed by atoms with Gasteiger partial charge in [-0.05, 0) is 52.9 Å². The first-order valence-electron chi connectivity index (χ1n) is 8.31. The maximum Gasteiger partial charge on any atom is 0.157 e. The zero-order valence-corrected chi connectivity index (χ0v) is 13.7. The third kappa shape index (κ3) is 10.3. The van der Waals surface area contributed by atoms with Gasteiger partial charge in [-0.25, -0.2) is 0 Å². The molecule has 0 bridgehead atoms. The fourth-order valence-corrected chi connectivity index (χ4v) is 2.23. The van der Waals surface area contributed by atoms with Crippen LogP contribution in [0.1, 0.15) is 78.6 Å². The molecular weight excluding hydrogens is 248 g/mol. The van der Waals surface area contributed by atoms with Crippen LogP contribution >= 0.6 is 0 Å². The summed E-state index contributed by atoms with van der Waals surface area (Å²) in [5, 5.41) is 0. The molecule has 1 saturated heterocycles. The summed E-state index contributed by atoms with van der Waals surface area (Å²) < 4.78 is 11.3. The molecule has 0 spiro atoms. The quantitative estimate of drug-likeness (QED) is 0.464. The van der Waals surface area contributed by atoms with Gasteiger partial charge in [0.2, 0.25) is 0 Å². The lowest BCUT2D eigenvalue weighted by molar-refractivity contribution is -0.162. The van der Waals surface area contributed by atoms with Crippen molar-refractivity contribution in [2.75, 3.05) is 13.2 Å². The van der Waals surface area contributed by atoms with Crippen LogP contribution in [-0.2, 0) is 9.47 Å². The van der Waals surface area contributed by atoms with Crippen molar-refractivity contribution in [3.8, 4) is 11.8 Å². The SMILES string of the molecule is CC(C)(C)C#CCCCCCCCOC1CCCCO1. The second-order valence-corrected chi connectivity index (χ2v) is 6.74. The van der Waals surface area contributed by atoms with Crippen LogP contribution < -0.4 is 0 Å². The number of hydrogen-bond acceptors (Lipinski definition) is 2. The Morgan fingerprint density at radius 1 is 1.05 bits per heavy atom. The van der Waals surface area contributed by atoms with E-state index >= 15 is 0 Å². The number of unbranched alkanes of at least 4 members (excludes halogenated alkanes) is 5. The summed E-state index contributed by atoms with van der Waals surface area (Å²) in [5.74, 6) is 6.56. The van der Waals surface area contributed by atoms with E-state index in [1.165, 1.54) is 38.5 Å². The third-order valence-corrected chi connectivity index (χ3v) is 3.35. The zero-order chi connectivity index (χ0) is 14.7. The summed E-state index contributed by atoms with van der Waals surface area (Å²) in [6.45, 7) is 8.22. The van der Waals surface area contributed by atoms with Crippen LogP contribution in [0.2, 0.25) is 0 Å². The minimum atomic E-state index is 0.0800. The van der Waals surface area contributed by atoms with E-state index in [1.54, 1.807) is 0 Å². The van der Waals surface area contributed by atoms with Crippen molar-refractivity contribution in [2.45, 2.75) is 84.8 Å². The van der Waals surface area contributed by atoms with Crippen LogP contribution in [0.5, 0.6) is 0 Å². The highest BCUT2D eigenvalue weighted by Crippen LogP contribution is 2.14. The Bertz CT molecular complexity index is 287. The molecule has 20 heavy (non-hydrogen) atoms. The van der Waals surface area contributed by atoms with Gasteiger partial charge >= 0.3 is 0 Å². The molecule has 1 rings (SSSR count). The van der Waals surface area contributed by atoms with Gasteiger partial charge in [0.15, 0.2) is 6.29 Å². The van der Waals surface area contributed by atoms with Gasteiger partial charge in [-0.3, -0.25) is 0 Å². The predicted molar refractivity (Wildman–Crippen MR) is 84.5 cm³/mol. The summed E-state index contributed by atoms with van der Waals surface area (Å²) in [6.07, 6.45) is 10.9. The van der Waals surface area contributed by atoms with E-state index in [1.807, 2.05) is 0 Å². The van der Waals surface area contributed by atoms with E-state index in [9.17, 15) is 0 Å². The van der Waals surface area contributed by atoms with Crippen molar-refractivity contribution < 1.29 is 9.47 Å². The minimum absolute atomic E-state index is 0.0800. The van der Waals surface area contributed by atoms with Gasteiger partial charge in [0, 0.05) is 25.0 Å². The molecule has 1 unspecified atom stereocenters. The summed E-state index contributed by atoms with van der Waals surface area (Å²) in [5.41, 5.74) is 0.151. The van der Waals surface area contributed by atoms with E-state index in [4.69, 9.17) is 9.47 Å². The van der Waals surface area contributed by atoms with E-state index < -0.39 is 0 Å². The Hall–Kier alpha value is -0.520.